The predicted octanol–water partition coefficient (Wildman–Crippen LogP) is -0.757. The molecule has 0 aromatic carbocycles. The molecule has 11 nitrogen and oxygen atoms in total. The van der Waals surface area contributed by atoms with Gasteiger partial charge in [-0.15, -0.1) is 5.06 Å². The van der Waals surface area contributed by atoms with Crippen LogP contribution in [-0.2, 0) is 33.5 Å². The largest absolute Gasteiger partial charge is 0.466 e. The Morgan fingerprint density at radius 3 is 2.26 bits per heavy atom. The van der Waals surface area contributed by atoms with E-state index >= 15 is 0 Å². The van der Waals surface area contributed by atoms with Gasteiger partial charge in [-0.1, -0.05) is 6.92 Å². The molecular weight excluding hydrogens is 412 g/mol. The monoisotopic (exact) mass is 444 g/mol. The molecule has 2 heterocycles. The average Bonchev–Trinajstić information content (AvgIpc) is 2.78. The summed E-state index contributed by atoms with van der Waals surface area (Å²) in [5, 5.41) is 21.0. The highest BCUT2D eigenvalue weighted by Gasteiger charge is 2.37. The number of aliphatic hydroxyl groups excluding tert-OH is 2. The number of carbonyl (C=O) groups excluding carboxylic acids is 4. The minimum atomic E-state index is -2.27. The second kappa shape index (κ2) is 12.1. The summed E-state index contributed by atoms with van der Waals surface area (Å²) in [7, 11) is 0. The third-order valence-electron chi connectivity index (χ3n) is 5.48. The molecule has 0 aromatic rings. The molecule has 0 saturated carbocycles. The normalized spacial score (nSPS) is 24.6. The molecule has 0 amide bonds. The zero-order valence-corrected chi connectivity index (χ0v) is 18.0. The number of ketones is 1. The molecule has 0 spiro atoms. The van der Waals surface area contributed by atoms with Crippen LogP contribution in [0.3, 0.4) is 0 Å². The molecular formula is C20H32N2O9. The van der Waals surface area contributed by atoms with Gasteiger partial charge in [0.1, 0.15) is 0 Å². The van der Waals surface area contributed by atoms with Crippen LogP contribution in [-0.4, -0.2) is 95.6 Å². The molecule has 2 rings (SSSR count). The number of hydroxylamine groups is 2. The van der Waals surface area contributed by atoms with Crippen molar-refractivity contribution in [3.05, 3.63) is 0 Å². The molecule has 4 unspecified atom stereocenters. The number of piperidine rings is 2. The van der Waals surface area contributed by atoms with E-state index in [4.69, 9.17) is 14.3 Å². The lowest BCUT2D eigenvalue weighted by Crippen LogP contribution is -2.47. The summed E-state index contributed by atoms with van der Waals surface area (Å²) in [6.07, 6.45) is -1.98. The Bertz CT molecular complexity index is 657. The lowest BCUT2D eigenvalue weighted by molar-refractivity contribution is -0.211. The Morgan fingerprint density at radius 1 is 0.968 bits per heavy atom. The Hall–Kier alpha value is -2.08. The third kappa shape index (κ3) is 7.23. The number of aliphatic hydroxyl groups is 2. The molecule has 2 aliphatic heterocycles. The van der Waals surface area contributed by atoms with Gasteiger partial charge in [0.15, 0.2) is 6.10 Å². The van der Waals surface area contributed by atoms with Gasteiger partial charge in [0.05, 0.1) is 18.4 Å². The standard InChI is InChI=1S/C20H32N2O9/c1-3-21-9-5-7-13(11-21)18(26)30-19(27)15(23)16(24)20(28)31-22-10-6-8-14(12-22)17(25)29-4-2/h13-15,19,23,27H,3-12H2,1-2H3. The van der Waals surface area contributed by atoms with E-state index in [9.17, 15) is 29.4 Å². The van der Waals surface area contributed by atoms with Crippen LogP contribution in [0.15, 0.2) is 0 Å². The number of likely N-dealkylation sites (tertiary alicyclic amines) is 1. The molecule has 0 aromatic heterocycles. The third-order valence-corrected chi connectivity index (χ3v) is 5.48. The van der Waals surface area contributed by atoms with E-state index < -0.39 is 47.9 Å². The molecule has 2 fully saturated rings. The van der Waals surface area contributed by atoms with E-state index in [1.807, 2.05) is 6.92 Å². The molecule has 2 N–H and O–H groups in total. The van der Waals surface area contributed by atoms with Gasteiger partial charge in [-0.25, -0.2) is 4.79 Å². The van der Waals surface area contributed by atoms with Crippen LogP contribution in [0.1, 0.15) is 39.5 Å². The number of rotatable bonds is 9. The summed E-state index contributed by atoms with van der Waals surface area (Å²) in [5.74, 6) is -4.99. The van der Waals surface area contributed by atoms with E-state index in [-0.39, 0.29) is 13.2 Å². The van der Waals surface area contributed by atoms with Gasteiger partial charge in [-0.05, 0) is 45.7 Å². The highest BCUT2D eigenvalue weighted by molar-refractivity contribution is 6.35. The highest BCUT2D eigenvalue weighted by Crippen LogP contribution is 2.20. The second-order valence-electron chi connectivity index (χ2n) is 7.73. The van der Waals surface area contributed by atoms with Crippen LogP contribution in [0.5, 0.6) is 0 Å². The Labute approximate surface area is 181 Å². The van der Waals surface area contributed by atoms with Gasteiger partial charge in [-0.3, -0.25) is 14.4 Å². The van der Waals surface area contributed by atoms with Crippen LogP contribution in [0.4, 0.5) is 0 Å². The van der Waals surface area contributed by atoms with E-state index in [2.05, 4.69) is 4.90 Å². The maximum atomic E-state index is 12.2. The number of hydrogen-bond donors (Lipinski definition) is 2. The molecule has 31 heavy (non-hydrogen) atoms. The van der Waals surface area contributed by atoms with Crippen molar-refractivity contribution in [1.29, 1.82) is 0 Å². The first kappa shape index (κ1) is 25.2. The number of hydrogen-bond acceptors (Lipinski definition) is 11. The zero-order chi connectivity index (χ0) is 23.0. The fraction of sp³-hybridized carbons (Fsp3) is 0.800. The fourth-order valence-electron chi connectivity index (χ4n) is 3.71. The zero-order valence-electron chi connectivity index (χ0n) is 18.0. The molecule has 11 heteroatoms. The molecule has 2 aliphatic rings. The SMILES string of the molecule is CCOC(=O)C1CCCN(OC(=O)C(=O)C(O)C(O)OC(=O)C2CCCN(CC)C2)C1. The fourth-order valence-corrected chi connectivity index (χ4v) is 3.71. The van der Waals surface area contributed by atoms with Gasteiger partial charge < -0.3 is 29.4 Å². The molecule has 0 aliphatic carbocycles. The first-order valence-corrected chi connectivity index (χ1v) is 10.7. The van der Waals surface area contributed by atoms with Crippen LogP contribution in [0.2, 0.25) is 0 Å². The first-order valence-electron chi connectivity index (χ1n) is 10.7. The summed E-state index contributed by atoms with van der Waals surface area (Å²) in [6.45, 7) is 6.34. The molecule has 2 saturated heterocycles. The highest BCUT2D eigenvalue weighted by atomic mass is 16.7. The number of ether oxygens (including phenoxy) is 2. The molecule has 176 valence electrons. The van der Waals surface area contributed by atoms with Gasteiger partial charge in [0.2, 0.25) is 6.29 Å². The Kier molecular flexibility index (Phi) is 9.82. The average molecular weight is 444 g/mol. The van der Waals surface area contributed by atoms with Gasteiger partial charge in [0.25, 0.3) is 5.78 Å². The van der Waals surface area contributed by atoms with Gasteiger partial charge in [0, 0.05) is 19.6 Å². The lowest BCUT2D eigenvalue weighted by atomic mass is 9.98. The lowest BCUT2D eigenvalue weighted by Gasteiger charge is -2.31. The first-order chi connectivity index (χ1) is 14.8. The molecule has 0 radical (unpaired) electrons. The summed E-state index contributed by atoms with van der Waals surface area (Å²) in [5.41, 5.74) is 0. The van der Waals surface area contributed by atoms with Crippen LogP contribution in [0, 0.1) is 11.8 Å². The van der Waals surface area contributed by atoms with Gasteiger partial charge >= 0.3 is 17.9 Å². The van der Waals surface area contributed by atoms with Crippen LogP contribution < -0.4 is 0 Å². The van der Waals surface area contributed by atoms with Crippen molar-refractivity contribution in [1.82, 2.24) is 9.96 Å². The van der Waals surface area contributed by atoms with Crippen LogP contribution in [0.25, 0.3) is 0 Å². The quantitative estimate of drug-likeness (QED) is 0.263. The summed E-state index contributed by atoms with van der Waals surface area (Å²) in [4.78, 5) is 55.3. The van der Waals surface area contributed by atoms with E-state index in [1.165, 1.54) is 0 Å². The summed E-state index contributed by atoms with van der Waals surface area (Å²) < 4.78 is 9.77. The van der Waals surface area contributed by atoms with Crippen molar-refractivity contribution in [2.45, 2.75) is 51.9 Å². The van der Waals surface area contributed by atoms with Crippen molar-refractivity contribution in [3.63, 3.8) is 0 Å². The van der Waals surface area contributed by atoms with Crippen molar-refractivity contribution >= 4 is 23.7 Å². The van der Waals surface area contributed by atoms with Crippen molar-refractivity contribution in [3.8, 4) is 0 Å². The Morgan fingerprint density at radius 2 is 1.61 bits per heavy atom. The van der Waals surface area contributed by atoms with E-state index in [0.717, 1.165) is 24.6 Å². The maximum absolute atomic E-state index is 12.2. The van der Waals surface area contributed by atoms with Crippen molar-refractivity contribution < 1.29 is 43.7 Å². The van der Waals surface area contributed by atoms with Crippen LogP contribution >= 0.6 is 0 Å². The predicted molar refractivity (Wildman–Crippen MR) is 105 cm³/mol. The minimum absolute atomic E-state index is 0.0566. The van der Waals surface area contributed by atoms with E-state index in [0.29, 0.717) is 32.4 Å². The maximum Gasteiger partial charge on any atom is 0.396 e. The topological polar surface area (TPSA) is 143 Å². The van der Waals surface area contributed by atoms with Gasteiger partial charge in [-0.2, -0.15) is 0 Å². The number of nitrogens with zero attached hydrogens (tertiary/aromatic N) is 2. The number of carbonyl (C=O) groups is 4. The second-order valence-corrected chi connectivity index (χ2v) is 7.73. The summed E-state index contributed by atoms with van der Waals surface area (Å²) >= 11 is 0. The smallest absolute Gasteiger partial charge is 0.396 e. The molecule has 0 bridgehead atoms. The number of Topliss-reactive ketones (excluding diaryl/α,β-unsaturated/α-hetero) is 1. The van der Waals surface area contributed by atoms with E-state index in [1.54, 1.807) is 6.92 Å². The summed E-state index contributed by atoms with van der Waals surface area (Å²) in [6, 6.07) is 0. The van der Waals surface area contributed by atoms with Crippen molar-refractivity contribution in [2.75, 3.05) is 39.3 Å². The van der Waals surface area contributed by atoms with Crippen molar-refractivity contribution in [2.24, 2.45) is 11.8 Å². The minimum Gasteiger partial charge on any atom is -0.466 e. The Balaban J connectivity index is 1.83. The number of esters is 2. The molecule has 4 atom stereocenters.